The second-order valence-corrected chi connectivity index (χ2v) is 9.55. The molecule has 1 fully saturated rings. The minimum atomic E-state index is -0.195. The van der Waals surface area contributed by atoms with Gasteiger partial charge in [-0.2, -0.15) is 0 Å². The van der Waals surface area contributed by atoms with Gasteiger partial charge < -0.3 is 14.6 Å². The van der Waals surface area contributed by atoms with Crippen LogP contribution >= 0.6 is 0 Å². The van der Waals surface area contributed by atoms with E-state index < -0.39 is 0 Å². The van der Waals surface area contributed by atoms with Crippen LogP contribution in [0.3, 0.4) is 0 Å². The monoisotopic (exact) mass is 456 g/mol. The number of ether oxygens (including phenoxy) is 1. The van der Waals surface area contributed by atoms with E-state index in [0.29, 0.717) is 36.4 Å². The molecule has 4 heterocycles. The van der Waals surface area contributed by atoms with Crippen molar-refractivity contribution in [2.75, 3.05) is 24.7 Å². The number of anilines is 1. The fourth-order valence-corrected chi connectivity index (χ4v) is 5.50. The molecule has 34 heavy (non-hydrogen) atoms. The van der Waals surface area contributed by atoms with Crippen LogP contribution in [0.5, 0.6) is 0 Å². The zero-order valence-electron chi connectivity index (χ0n) is 19.6. The van der Waals surface area contributed by atoms with E-state index in [-0.39, 0.29) is 17.4 Å². The number of carbonyl (C=O) groups is 1. The number of aryl methyl sites for hydroxylation is 3. The highest BCUT2D eigenvalue weighted by Gasteiger charge is 2.26. The zero-order chi connectivity index (χ0) is 23.4. The van der Waals surface area contributed by atoms with Crippen molar-refractivity contribution < 1.29 is 9.53 Å². The number of carbonyl (C=O) groups excluding carboxylic acids is 1. The molecule has 1 N–H and O–H groups in total. The van der Waals surface area contributed by atoms with Crippen LogP contribution in [0.1, 0.15) is 58.1 Å². The Bertz CT molecular complexity index is 1490. The molecule has 0 radical (unpaired) electrons. The second kappa shape index (κ2) is 8.09. The second-order valence-electron chi connectivity index (χ2n) is 9.55. The summed E-state index contributed by atoms with van der Waals surface area (Å²) in [6, 6.07) is 10.1. The summed E-state index contributed by atoms with van der Waals surface area (Å²) in [5.41, 5.74) is 6.77. The van der Waals surface area contributed by atoms with Crippen LogP contribution in [0.15, 0.2) is 41.3 Å². The van der Waals surface area contributed by atoms with Gasteiger partial charge in [0.1, 0.15) is 11.3 Å². The van der Waals surface area contributed by atoms with Gasteiger partial charge in [-0.05, 0) is 68.9 Å². The smallest absolute Gasteiger partial charge is 0.274 e. The maximum absolute atomic E-state index is 13.7. The first-order chi connectivity index (χ1) is 16.5. The molecule has 0 saturated carbocycles. The molecule has 174 valence electrons. The van der Waals surface area contributed by atoms with Crippen molar-refractivity contribution in [1.29, 1.82) is 0 Å². The van der Waals surface area contributed by atoms with Crippen molar-refractivity contribution in [2.24, 2.45) is 0 Å². The van der Waals surface area contributed by atoms with Gasteiger partial charge in [-0.3, -0.25) is 14.0 Å². The molecule has 0 aliphatic carbocycles. The Morgan fingerprint density at radius 2 is 1.94 bits per heavy atom. The van der Waals surface area contributed by atoms with Gasteiger partial charge in [0.15, 0.2) is 0 Å². The Kier molecular flexibility index (Phi) is 5.03. The molecule has 1 amide bonds. The predicted molar refractivity (Wildman–Crippen MR) is 132 cm³/mol. The van der Waals surface area contributed by atoms with Crippen molar-refractivity contribution in [3.8, 4) is 0 Å². The average molecular weight is 457 g/mol. The molecule has 0 spiro atoms. The lowest BCUT2D eigenvalue weighted by molar-refractivity contribution is 0.0835. The maximum atomic E-state index is 13.7. The summed E-state index contributed by atoms with van der Waals surface area (Å²) < 4.78 is 7.50. The van der Waals surface area contributed by atoms with Crippen molar-refractivity contribution >= 4 is 28.1 Å². The molecule has 4 aromatic rings. The van der Waals surface area contributed by atoms with E-state index in [1.807, 2.05) is 28.4 Å². The number of rotatable bonds is 2. The molecule has 1 saturated heterocycles. The molecule has 0 unspecified atom stereocenters. The summed E-state index contributed by atoms with van der Waals surface area (Å²) in [7, 11) is 0. The Balaban J connectivity index is 1.48. The quantitative estimate of drug-likeness (QED) is 0.488. The van der Waals surface area contributed by atoms with Crippen molar-refractivity contribution in [3.05, 3.63) is 75.0 Å². The fourth-order valence-electron chi connectivity index (χ4n) is 5.50. The van der Waals surface area contributed by atoms with Gasteiger partial charge in [0.2, 0.25) is 0 Å². The third-order valence-electron chi connectivity index (χ3n) is 7.27. The summed E-state index contributed by atoms with van der Waals surface area (Å²) in [4.78, 5) is 36.1. The summed E-state index contributed by atoms with van der Waals surface area (Å²) in [6.45, 7) is 6.15. The molecular formula is C27H28N4O3. The number of aromatic amines is 1. The third kappa shape index (κ3) is 3.34. The van der Waals surface area contributed by atoms with Crippen LogP contribution in [0.2, 0.25) is 0 Å². The first-order valence-corrected chi connectivity index (χ1v) is 12.0. The molecule has 2 aromatic heterocycles. The average Bonchev–Trinajstić information content (AvgIpc) is 3.30. The molecule has 2 aliphatic rings. The zero-order valence-corrected chi connectivity index (χ0v) is 19.6. The Morgan fingerprint density at radius 3 is 2.76 bits per heavy atom. The Labute approximate surface area is 197 Å². The van der Waals surface area contributed by atoms with E-state index in [4.69, 9.17) is 4.74 Å². The number of fused-ring (bicyclic) bond motifs is 4. The van der Waals surface area contributed by atoms with E-state index in [1.54, 1.807) is 6.20 Å². The van der Waals surface area contributed by atoms with Crippen LogP contribution < -0.4 is 10.5 Å². The maximum Gasteiger partial charge on any atom is 0.274 e. The van der Waals surface area contributed by atoms with Gasteiger partial charge in [-0.15, -0.1) is 0 Å². The summed E-state index contributed by atoms with van der Waals surface area (Å²) in [6.07, 6.45) is 5.35. The normalized spacial score (nSPS) is 16.8. The topological polar surface area (TPSA) is 79.7 Å². The number of H-pyrrole nitrogens is 1. The van der Waals surface area contributed by atoms with Gasteiger partial charge in [0, 0.05) is 36.9 Å². The Hall–Kier alpha value is -3.45. The van der Waals surface area contributed by atoms with Crippen LogP contribution in [0.25, 0.3) is 16.6 Å². The largest absolute Gasteiger partial charge is 0.381 e. The van der Waals surface area contributed by atoms with E-state index in [9.17, 15) is 9.59 Å². The lowest BCUT2D eigenvalue weighted by Crippen LogP contribution is -2.36. The van der Waals surface area contributed by atoms with Crippen LogP contribution in [-0.4, -0.2) is 40.0 Å². The highest BCUT2D eigenvalue weighted by atomic mass is 16.5. The van der Waals surface area contributed by atoms with E-state index >= 15 is 0 Å². The number of nitrogens with zero attached hydrogens (tertiary/aromatic N) is 3. The fraction of sp³-hybridized carbons (Fsp3) is 0.370. The number of benzene rings is 2. The highest BCUT2D eigenvalue weighted by molar-refractivity contribution is 6.09. The number of aromatic nitrogens is 3. The van der Waals surface area contributed by atoms with Crippen LogP contribution in [0, 0.1) is 13.8 Å². The minimum Gasteiger partial charge on any atom is -0.381 e. The van der Waals surface area contributed by atoms with E-state index in [0.717, 1.165) is 48.3 Å². The standard InChI is InChI=1S/C27H28N4O3/c1-16-5-6-22-19(12-16)4-3-9-30(22)27(33)20-14-21-23(13-17(20)2)31-24(26(32)29-21)15-28-25(31)18-7-10-34-11-8-18/h5-6,12-15,18H,3-4,7-11H2,1-2H3,(H,29,32). The highest BCUT2D eigenvalue weighted by Crippen LogP contribution is 2.32. The SMILES string of the molecule is Cc1ccc2c(c1)CCCN2C(=O)c1cc2[nH]c(=O)c3cnc(C4CCOCC4)n3c2cc1C. The summed E-state index contributed by atoms with van der Waals surface area (Å²) in [5, 5.41) is 0. The van der Waals surface area contributed by atoms with Crippen molar-refractivity contribution in [1.82, 2.24) is 14.4 Å². The first kappa shape index (κ1) is 21.1. The van der Waals surface area contributed by atoms with Crippen LogP contribution in [-0.2, 0) is 11.2 Å². The van der Waals surface area contributed by atoms with E-state index in [2.05, 4.69) is 35.1 Å². The Morgan fingerprint density at radius 1 is 1.12 bits per heavy atom. The van der Waals surface area contributed by atoms with Gasteiger partial charge in [-0.25, -0.2) is 4.98 Å². The van der Waals surface area contributed by atoms with Gasteiger partial charge in [0.05, 0.1) is 17.2 Å². The molecule has 0 bridgehead atoms. The van der Waals surface area contributed by atoms with Crippen LogP contribution in [0.4, 0.5) is 5.69 Å². The number of amides is 1. The van der Waals surface area contributed by atoms with Gasteiger partial charge >= 0.3 is 0 Å². The van der Waals surface area contributed by atoms with Crippen molar-refractivity contribution in [2.45, 2.75) is 45.4 Å². The molecule has 7 heteroatoms. The third-order valence-corrected chi connectivity index (χ3v) is 7.27. The first-order valence-electron chi connectivity index (χ1n) is 12.0. The van der Waals surface area contributed by atoms with Gasteiger partial charge in [-0.1, -0.05) is 17.7 Å². The molecule has 2 aromatic carbocycles. The predicted octanol–water partition coefficient (Wildman–Crippen LogP) is 4.28. The minimum absolute atomic E-state index is 0.0274. The molecule has 7 nitrogen and oxygen atoms in total. The summed E-state index contributed by atoms with van der Waals surface area (Å²) in [5.74, 6) is 1.12. The molecule has 0 atom stereocenters. The molecule has 6 rings (SSSR count). The van der Waals surface area contributed by atoms with E-state index in [1.165, 1.54) is 11.1 Å². The number of nitrogens with one attached hydrogen (secondary N) is 1. The lowest BCUT2D eigenvalue weighted by atomic mass is 9.97. The number of imidazole rings is 1. The van der Waals surface area contributed by atoms with Crippen molar-refractivity contribution in [3.63, 3.8) is 0 Å². The summed E-state index contributed by atoms with van der Waals surface area (Å²) >= 11 is 0. The van der Waals surface area contributed by atoms with Gasteiger partial charge in [0.25, 0.3) is 11.5 Å². The lowest BCUT2D eigenvalue weighted by Gasteiger charge is -2.30. The number of hydrogen-bond acceptors (Lipinski definition) is 4. The molecule has 2 aliphatic heterocycles. The molecular weight excluding hydrogens is 428 g/mol. The number of hydrogen-bond donors (Lipinski definition) is 1.